The molecule has 1 N–H and O–H groups in total. The van der Waals surface area contributed by atoms with Gasteiger partial charge < -0.3 is 19.5 Å². The van der Waals surface area contributed by atoms with E-state index in [9.17, 15) is 35.9 Å². The quantitative estimate of drug-likeness (QED) is 0.682. The second kappa shape index (κ2) is 9.04. The molecule has 2 aromatic rings. The number of hydrogen-bond donors (Lipinski definition) is 1. The highest BCUT2D eigenvalue weighted by Crippen LogP contribution is 2.29. The highest BCUT2D eigenvalue weighted by atomic mass is 19.4. The van der Waals surface area contributed by atoms with E-state index in [2.05, 4.69) is 9.97 Å². The first kappa shape index (κ1) is 23.3. The van der Waals surface area contributed by atoms with Crippen molar-refractivity contribution < 1.29 is 35.9 Å². The van der Waals surface area contributed by atoms with E-state index in [1.807, 2.05) is 4.98 Å². The summed E-state index contributed by atoms with van der Waals surface area (Å²) >= 11 is 0. The third-order valence-electron chi connectivity index (χ3n) is 4.65. The molecule has 0 unspecified atom stereocenters. The number of aromatic nitrogens is 3. The van der Waals surface area contributed by atoms with Gasteiger partial charge in [0.25, 0.3) is 5.56 Å². The van der Waals surface area contributed by atoms with Crippen molar-refractivity contribution in [1.29, 1.82) is 0 Å². The van der Waals surface area contributed by atoms with E-state index < -0.39 is 29.0 Å². The van der Waals surface area contributed by atoms with Crippen LogP contribution in [0.4, 0.5) is 32.3 Å². The van der Waals surface area contributed by atoms with Crippen molar-refractivity contribution in [3.05, 3.63) is 46.1 Å². The molecule has 3 rings (SSSR count). The third kappa shape index (κ3) is 5.68. The number of rotatable bonds is 5. The fourth-order valence-electron chi connectivity index (χ4n) is 2.96. The average Bonchev–Trinajstić information content (AvgIpc) is 2.73. The summed E-state index contributed by atoms with van der Waals surface area (Å²) in [5.41, 5.74) is -3.65. The Labute approximate surface area is 176 Å². The van der Waals surface area contributed by atoms with E-state index in [1.165, 1.54) is 4.90 Å². The van der Waals surface area contributed by atoms with Crippen LogP contribution in [0.3, 0.4) is 0 Å². The summed E-state index contributed by atoms with van der Waals surface area (Å²) in [4.78, 5) is 36.0. The zero-order chi connectivity index (χ0) is 23.5. The Morgan fingerprint density at radius 1 is 1.03 bits per heavy atom. The first-order valence-corrected chi connectivity index (χ1v) is 9.30. The lowest BCUT2D eigenvalue weighted by Gasteiger charge is -2.34. The van der Waals surface area contributed by atoms with Crippen LogP contribution in [-0.2, 0) is 17.1 Å². The largest absolute Gasteiger partial charge is 0.492 e. The molecule has 174 valence electrons. The molecule has 32 heavy (non-hydrogen) atoms. The van der Waals surface area contributed by atoms with Gasteiger partial charge in [-0.15, -0.1) is 0 Å². The summed E-state index contributed by atoms with van der Waals surface area (Å²) in [6.07, 6.45) is -7.12. The van der Waals surface area contributed by atoms with Crippen LogP contribution in [0.2, 0.25) is 0 Å². The van der Waals surface area contributed by atoms with Crippen molar-refractivity contribution in [2.24, 2.45) is 0 Å². The number of piperazine rings is 1. The Hall–Kier alpha value is -3.32. The lowest BCUT2D eigenvalue weighted by Crippen LogP contribution is -2.49. The van der Waals surface area contributed by atoms with Gasteiger partial charge in [0.05, 0.1) is 18.6 Å². The smallest absolute Gasteiger partial charge is 0.421 e. The SMILES string of the molecule is O=C(CCOc1c[nH]c(=O)c(C(F)(F)F)c1)N1CCN(c2ncc(C(F)(F)F)cn2)CC1. The number of H-pyrrole nitrogens is 1. The molecule has 1 amide bonds. The van der Waals surface area contributed by atoms with Gasteiger partial charge >= 0.3 is 12.4 Å². The Kier molecular flexibility index (Phi) is 6.60. The first-order valence-electron chi connectivity index (χ1n) is 9.30. The molecule has 1 saturated heterocycles. The van der Waals surface area contributed by atoms with Crippen LogP contribution in [0.1, 0.15) is 17.5 Å². The molecule has 0 radical (unpaired) electrons. The van der Waals surface area contributed by atoms with E-state index in [-0.39, 0.29) is 43.7 Å². The van der Waals surface area contributed by atoms with Crippen molar-refractivity contribution in [2.75, 3.05) is 37.7 Å². The van der Waals surface area contributed by atoms with Gasteiger partial charge in [-0.3, -0.25) is 9.59 Å². The standard InChI is InChI=1S/C18H17F6N5O3/c19-17(20,21)11-8-26-16(27-9-11)29-4-2-28(3-5-29)14(30)1-6-32-12-7-13(18(22,23)24)15(31)25-10-12/h7-10H,1-6H2,(H,25,31). The molecule has 2 aromatic heterocycles. The summed E-state index contributed by atoms with van der Waals surface area (Å²) in [5.74, 6) is -0.417. The van der Waals surface area contributed by atoms with Crippen LogP contribution >= 0.6 is 0 Å². The zero-order valence-corrected chi connectivity index (χ0v) is 16.3. The number of hydrogen-bond acceptors (Lipinski definition) is 6. The Bertz CT molecular complexity index is 998. The van der Waals surface area contributed by atoms with Gasteiger partial charge in [-0.05, 0) is 6.07 Å². The summed E-state index contributed by atoms with van der Waals surface area (Å²) in [7, 11) is 0. The molecule has 0 bridgehead atoms. The molecular formula is C18H17F6N5O3. The maximum Gasteiger partial charge on any atom is 0.421 e. The van der Waals surface area contributed by atoms with Crippen LogP contribution in [0.5, 0.6) is 5.75 Å². The fraction of sp³-hybridized carbons (Fsp3) is 0.444. The molecule has 0 spiro atoms. The van der Waals surface area contributed by atoms with E-state index in [4.69, 9.17) is 4.74 Å². The van der Waals surface area contributed by atoms with Gasteiger partial charge in [-0.1, -0.05) is 0 Å². The molecule has 0 aliphatic carbocycles. The van der Waals surface area contributed by atoms with Gasteiger partial charge in [0.2, 0.25) is 11.9 Å². The number of carbonyl (C=O) groups excluding carboxylic acids is 1. The number of aromatic amines is 1. The molecule has 3 heterocycles. The van der Waals surface area contributed by atoms with Gasteiger partial charge in [-0.25, -0.2) is 9.97 Å². The number of nitrogens with zero attached hydrogens (tertiary/aromatic N) is 4. The topological polar surface area (TPSA) is 91.4 Å². The van der Waals surface area contributed by atoms with E-state index in [1.54, 1.807) is 4.90 Å². The Morgan fingerprint density at radius 3 is 2.22 bits per heavy atom. The number of halogens is 6. The molecule has 1 aliphatic rings. The Balaban J connectivity index is 1.47. The summed E-state index contributed by atoms with van der Waals surface area (Å²) < 4.78 is 81.2. The summed E-state index contributed by atoms with van der Waals surface area (Å²) in [6.45, 7) is 0.921. The second-order valence-electron chi connectivity index (χ2n) is 6.81. The molecule has 1 fully saturated rings. The first-order chi connectivity index (χ1) is 14.9. The van der Waals surface area contributed by atoms with Crippen molar-refractivity contribution in [2.45, 2.75) is 18.8 Å². The van der Waals surface area contributed by atoms with Crippen LogP contribution in [0.15, 0.2) is 29.5 Å². The van der Waals surface area contributed by atoms with Crippen LogP contribution in [-0.4, -0.2) is 58.5 Å². The zero-order valence-electron chi connectivity index (χ0n) is 16.3. The van der Waals surface area contributed by atoms with Crippen LogP contribution < -0.4 is 15.2 Å². The van der Waals surface area contributed by atoms with Crippen molar-refractivity contribution in [1.82, 2.24) is 19.9 Å². The van der Waals surface area contributed by atoms with Crippen molar-refractivity contribution >= 4 is 11.9 Å². The van der Waals surface area contributed by atoms with Crippen LogP contribution in [0, 0.1) is 0 Å². The normalized spacial score (nSPS) is 15.1. The average molecular weight is 465 g/mol. The predicted molar refractivity (Wildman–Crippen MR) is 98.0 cm³/mol. The summed E-state index contributed by atoms with van der Waals surface area (Å²) in [5, 5.41) is 0. The molecule has 1 aliphatic heterocycles. The van der Waals surface area contributed by atoms with Crippen LogP contribution in [0.25, 0.3) is 0 Å². The fourth-order valence-corrected chi connectivity index (χ4v) is 2.96. The van der Waals surface area contributed by atoms with E-state index in [0.717, 1.165) is 6.20 Å². The highest BCUT2D eigenvalue weighted by Gasteiger charge is 2.34. The molecule has 0 aromatic carbocycles. The maximum atomic E-state index is 12.7. The van der Waals surface area contributed by atoms with Gasteiger partial charge in [0.15, 0.2) is 0 Å². The number of alkyl halides is 6. The van der Waals surface area contributed by atoms with E-state index >= 15 is 0 Å². The Morgan fingerprint density at radius 2 is 1.66 bits per heavy atom. The molecule has 0 saturated carbocycles. The number of pyridine rings is 1. The minimum absolute atomic E-state index is 0.114. The minimum atomic E-state index is -4.83. The van der Waals surface area contributed by atoms with Gasteiger partial charge in [-0.2, -0.15) is 26.3 Å². The second-order valence-corrected chi connectivity index (χ2v) is 6.81. The minimum Gasteiger partial charge on any atom is -0.492 e. The van der Waals surface area contributed by atoms with Gasteiger partial charge in [0, 0.05) is 44.8 Å². The number of ether oxygens (including phenoxy) is 1. The number of anilines is 1. The van der Waals surface area contributed by atoms with Crippen molar-refractivity contribution in [3.63, 3.8) is 0 Å². The predicted octanol–water partition coefficient (Wildman–Crippen LogP) is 2.32. The molecule has 14 heteroatoms. The number of amides is 1. The lowest BCUT2D eigenvalue weighted by atomic mass is 10.2. The lowest BCUT2D eigenvalue weighted by molar-refractivity contribution is -0.139. The van der Waals surface area contributed by atoms with E-state index in [0.29, 0.717) is 31.5 Å². The van der Waals surface area contributed by atoms with Gasteiger partial charge in [0.1, 0.15) is 11.3 Å². The molecular weight excluding hydrogens is 448 g/mol. The maximum absolute atomic E-state index is 12.7. The summed E-state index contributed by atoms with van der Waals surface area (Å²) in [6, 6.07) is 0.562. The number of carbonyl (C=O) groups is 1. The highest BCUT2D eigenvalue weighted by molar-refractivity contribution is 5.76. The number of nitrogens with one attached hydrogen (secondary N) is 1. The molecule has 0 atom stereocenters. The van der Waals surface area contributed by atoms with Crippen molar-refractivity contribution in [3.8, 4) is 5.75 Å². The third-order valence-corrected chi connectivity index (χ3v) is 4.65. The molecule has 8 nitrogen and oxygen atoms in total. The monoisotopic (exact) mass is 465 g/mol.